The SMILES string of the molecule is CN(C)C(=O)c1ccc(N2CCC(C(=O)c3ccc(F)cc3)CC2)nc1. The van der Waals surface area contributed by atoms with E-state index >= 15 is 0 Å². The Labute approximate surface area is 152 Å². The Morgan fingerprint density at radius 1 is 1.04 bits per heavy atom. The van der Waals surface area contributed by atoms with Crippen LogP contribution in [0.5, 0.6) is 0 Å². The van der Waals surface area contributed by atoms with Crippen molar-refractivity contribution in [3.8, 4) is 0 Å². The maximum atomic E-state index is 13.0. The van der Waals surface area contributed by atoms with E-state index in [0.717, 1.165) is 31.7 Å². The van der Waals surface area contributed by atoms with Gasteiger partial charge in [-0.1, -0.05) is 0 Å². The number of aromatic nitrogens is 1. The lowest BCUT2D eigenvalue weighted by Crippen LogP contribution is -2.37. The van der Waals surface area contributed by atoms with Crippen LogP contribution in [0.15, 0.2) is 42.6 Å². The number of carbonyl (C=O) groups excluding carboxylic acids is 2. The summed E-state index contributed by atoms with van der Waals surface area (Å²) in [5.41, 5.74) is 1.12. The highest BCUT2D eigenvalue weighted by atomic mass is 19.1. The van der Waals surface area contributed by atoms with Gasteiger partial charge in [-0.3, -0.25) is 9.59 Å². The molecule has 1 amide bonds. The fourth-order valence-corrected chi connectivity index (χ4v) is 3.18. The average Bonchev–Trinajstić information content (AvgIpc) is 2.67. The summed E-state index contributed by atoms with van der Waals surface area (Å²) >= 11 is 0. The van der Waals surface area contributed by atoms with Gasteiger partial charge in [-0.15, -0.1) is 0 Å². The summed E-state index contributed by atoms with van der Waals surface area (Å²) in [6.45, 7) is 1.46. The van der Waals surface area contributed by atoms with Crippen molar-refractivity contribution < 1.29 is 14.0 Å². The van der Waals surface area contributed by atoms with Crippen molar-refractivity contribution in [2.45, 2.75) is 12.8 Å². The number of ketones is 1. The molecule has 0 bridgehead atoms. The first kappa shape index (κ1) is 18.0. The van der Waals surface area contributed by atoms with Crippen LogP contribution in [0.4, 0.5) is 10.2 Å². The molecule has 5 nitrogen and oxygen atoms in total. The molecule has 3 rings (SSSR count). The molecule has 26 heavy (non-hydrogen) atoms. The van der Waals surface area contributed by atoms with Crippen LogP contribution in [-0.4, -0.2) is 48.8 Å². The summed E-state index contributed by atoms with van der Waals surface area (Å²) in [6, 6.07) is 9.36. The fourth-order valence-electron chi connectivity index (χ4n) is 3.18. The zero-order valence-corrected chi connectivity index (χ0v) is 15.0. The second-order valence-electron chi connectivity index (χ2n) is 6.74. The number of amides is 1. The van der Waals surface area contributed by atoms with Crippen molar-refractivity contribution in [3.63, 3.8) is 0 Å². The van der Waals surface area contributed by atoms with Gasteiger partial charge in [0.05, 0.1) is 5.56 Å². The van der Waals surface area contributed by atoms with Crippen molar-refractivity contribution in [1.82, 2.24) is 9.88 Å². The Bertz CT molecular complexity index is 780. The van der Waals surface area contributed by atoms with E-state index in [9.17, 15) is 14.0 Å². The number of benzene rings is 1. The van der Waals surface area contributed by atoms with E-state index in [2.05, 4.69) is 9.88 Å². The summed E-state index contributed by atoms with van der Waals surface area (Å²) in [4.78, 5) is 32.5. The lowest BCUT2D eigenvalue weighted by molar-refractivity contribution is 0.0826. The summed E-state index contributed by atoms with van der Waals surface area (Å²) in [5, 5.41) is 0. The van der Waals surface area contributed by atoms with Crippen molar-refractivity contribution in [3.05, 3.63) is 59.5 Å². The largest absolute Gasteiger partial charge is 0.357 e. The van der Waals surface area contributed by atoms with Gasteiger partial charge < -0.3 is 9.80 Å². The van der Waals surface area contributed by atoms with Gasteiger partial charge in [0.2, 0.25) is 0 Å². The van der Waals surface area contributed by atoms with Crippen LogP contribution < -0.4 is 4.90 Å². The quantitative estimate of drug-likeness (QED) is 0.791. The lowest BCUT2D eigenvalue weighted by Gasteiger charge is -2.32. The van der Waals surface area contributed by atoms with Crippen LogP contribution in [0.25, 0.3) is 0 Å². The van der Waals surface area contributed by atoms with Crippen LogP contribution >= 0.6 is 0 Å². The number of anilines is 1. The maximum absolute atomic E-state index is 13.0. The Morgan fingerprint density at radius 2 is 1.65 bits per heavy atom. The number of piperidine rings is 1. The summed E-state index contributed by atoms with van der Waals surface area (Å²) < 4.78 is 13.0. The molecule has 0 N–H and O–H groups in total. The van der Waals surface area contributed by atoms with Crippen LogP contribution in [0.2, 0.25) is 0 Å². The van der Waals surface area contributed by atoms with E-state index in [1.807, 2.05) is 6.07 Å². The molecular weight excluding hydrogens is 333 g/mol. The highest BCUT2D eigenvalue weighted by Gasteiger charge is 2.26. The number of nitrogens with zero attached hydrogens (tertiary/aromatic N) is 3. The first-order valence-electron chi connectivity index (χ1n) is 8.68. The molecule has 1 aliphatic rings. The molecule has 2 heterocycles. The third-order valence-electron chi connectivity index (χ3n) is 4.72. The zero-order chi connectivity index (χ0) is 18.7. The van der Waals surface area contributed by atoms with Crippen molar-refractivity contribution in [2.75, 3.05) is 32.1 Å². The van der Waals surface area contributed by atoms with E-state index in [4.69, 9.17) is 0 Å². The number of Topliss-reactive ketones (excluding diaryl/α,β-unsaturated/α-hetero) is 1. The van der Waals surface area contributed by atoms with Crippen LogP contribution in [0, 0.1) is 11.7 Å². The van der Waals surface area contributed by atoms with Gasteiger partial charge in [0.15, 0.2) is 5.78 Å². The Hall–Kier alpha value is -2.76. The predicted molar refractivity (Wildman–Crippen MR) is 97.9 cm³/mol. The third-order valence-corrected chi connectivity index (χ3v) is 4.72. The molecule has 1 aromatic carbocycles. The first-order chi connectivity index (χ1) is 12.5. The normalized spacial score (nSPS) is 15.0. The maximum Gasteiger partial charge on any atom is 0.254 e. The van der Waals surface area contributed by atoms with E-state index in [0.29, 0.717) is 11.1 Å². The summed E-state index contributed by atoms with van der Waals surface area (Å²) in [5.74, 6) is 0.426. The lowest BCUT2D eigenvalue weighted by atomic mass is 9.89. The second-order valence-corrected chi connectivity index (χ2v) is 6.74. The number of carbonyl (C=O) groups is 2. The molecule has 0 aliphatic carbocycles. The molecule has 1 aliphatic heterocycles. The molecule has 0 radical (unpaired) electrons. The van der Waals surface area contributed by atoms with E-state index in [1.165, 1.54) is 17.0 Å². The minimum absolute atomic E-state index is 0.0497. The topological polar surface area (TPSA) is 53.5 Å². The van der Waals surface area contributed by atoms with Crippen LogP contribution in [-0.2, 0) is 0 Å². The van der Waals surface area contributed by atoms with Gasteiger partial charge in [0.1, 0.15) is 11.6 Å². The van der Waals surface area contributed by atoms with Gasteiger partial charge in [-0.25, -0.2) is 9.37 Å². The number of hydrogen-bond donors (Lipinski definition) is 0. The minimum atomic E-state index is -0.335. The Kier molecular flexibility index (Phi) is 5.30. The molecular formula is C20H22FN3O2. The van der Waals surface area contributed by atoms with Gasteiger partial charge >= 0.3 is 0 Å². The molecule has 1 saturated heterocycles. The first-order valence-corrected chi connectivity index (χ1v) is 8.68. The van der Waals surface area contributed by atoms with Gasteiger partial charge in [-0.05, 0) is 49.2 Å². The van der Waals surface area contributed by atoms with Gasteiger partial charge in [0, 0.05) is 44.9 Å². The number of pyridine rings is 1. The Morgan fingerprint density at radius 3 is 2.19 bits per heavy atom. The number of rotatable bonds is 4. The summed E-state index contributed by atoms with van der Waals surface area (Å²) in [7, 11) is 3.41. The van der Waals surface area contributed by atoms with Crippen LogP contribution in [0.3, 0.4) is 0 Å². The van der Waals surface area contributed by atoms with E-state index in [-0.39, 0.29) is 23.4 Å². The molecule has 1 fully saturated rings. The zero-order valence-electron chi connectivity index (χ0n) is 15.0. The standard InChI is InChI=1S/C20H22FN3O2/c1-23(2)20(26)16-5-8-18(22-13-16)24-11-9-15(10-12-24)19(25)14-3-6-17(21)7-4-14/h3-8,13,15H,9-12H2,1-2H3. The molecule has 0 spiro atoms. The molecule has 6 heteroatoms. The molecule has 136 valence electrons. The average molecular weight is 355 g/mol. The number of hydrogen-bond acceptors (Lipinski definition) is 4. The third kappa shape index (κ3) is 3.90. The predicted octanol–water partition coefficient (Wildman–Crippen LogP) is 3.02. The molecule has 2 aromatic rings. The Balaban J connectivity index is 1.60. The van der Waals surface area contributed by atoms with Gasteiger partial charge in [-0.2, -0.15) is 0 Å². The molecule has 0 atom stereocenters. The molecule has 1 aromatic heterocycles. The molecule has 0 unspecified atom stereocenters. The van der Waals surface area contributed by atoms with E-state index < -0.39 is 0 Å². The monoisotopic (exact) mass is 355 g/mol. The highest BCUT2D eigenvalue weighted by molar-refractivity contribution is 5.98. The van der Waals surface area contributed by atoms with E-state index in [1.54, 1.807) is 38.5 Å². The smallest absolute Gasteiger partial charge is 0.254 e. The highest BCUT2D eigenvalue weighted by Crippen LogP contribution is 2.25. The van der Waals surface area contributed by atoms with Gasteiger partial charge in [0.25, 0.3) is 5.91 Å². The van der Waals surface area contributed by atoms with Crippen LogP contribution in [0.1, 0.15) is 33.6 Å². The fraction of sp³-hybridized carbons (Fsp3) is 0.350. The summed E-state index contributed by atoms with van der Waals surface area (Å²) in [6.07, 6.45) is 3.06. The van der Waals surface area contributed by atoms with Crippen molar-refractivity contribution in [2.24, 2.45) is 5.92 Å². The number of halogens is 1. The van der Waals surface area contributed by atoms with Crippen molar-refractivity contribution >= 4 is 17.5 Å². The van der Waals surface area contributed by atoms with Crippen molar-refractivity contribution in [1.29, 1.82) is 0 Å². The molecule has 0 saturated carbocycles. The minimum Gasteiger partial charge on any atom is -0.357 e. The second kappa shape index (κ2) is 7.64.